The van der Waals surface area contributed by atoms with Crippen LogP contribution in [0.25, 0.3) is 0 Å². The Morgan fingerprint density at radius 2 is 1.70 bits per heavy atom. The smallest absolute Gasteiger partial charge is 0.338 e. The van der Waals surface area contributed by atoms with E-state index >= 15 is 0 Å². The molecule has 2 aliphatic heterocycles. The summed E-state index contributed by atoms with van der Waals surface area (Å²) in [4.78, 5) is 27.9. The maximum Gasteiger partial charge on any atom is 0.338 e. The zero-order valence-corrected chi connectivity index (χ0v) is 17.4. The van der Waals surface area contributed by atoms with E-state index in [1.54, 1.807) is 12.1 Å². The summed E-state index contributed by atoms with van der Waals surface area (Å²) < 4.78 is 11.5. The highest BCUT2D eigenvalue weighted by atomic mass is 16.6. The zero-order valence-electron chi connectivity index (χ0n) is 17.4. The van der Waals surface area contributed by atoms with Crippen LogP contribution in [-0.4, -0.2) is 48.7 Å². The van der Waals surface area contributed by atoms with Gasteiger partial charge in [0.25, 0.3) is 0 Å². The van der Waals surface area contributed by atoms with Crippen LogP contribution in [0, 0.1) is 5.92 Å². The predicted octanol–water partition coefficient (Wildman–Crippen LogP) is 3.87. The van der Waals surface area contributed by atoms with Crippen molar-refractivity contribution in [1.82, 2.24) is 4.90 Å². The molecule has 2 bridgehead atoms. The van der Waals surface area contributed by atoms with Gasteiger partial charge in [-0.1, -0.05) is 48.5 Å². The van der Waals surface area contributed by atoms with Gasteiger partial charge in [0.2, 0.25) is 0 Å². The summed E-state index contributed by atoms with van der Waals surface area (Å²) in [6.45, 7) is 0.378. The SMILES string of the molecule is CN1[C@H]2CC[C@@H]1[C@@H](C(=O)OCCCc1ccccc1)[C@@H](OC(=O)c1ccccc1)C2. The van der Waals surface area contributed by atoms with Gasteiger partial charge >= 0.3 is 11.9 Å². The van der Waals surface area contributed by atoms with Gasteiger partial charge in [0, 0.05) is 18.5 Å². The third-order valence-electron chi connectivity index (χ3n) is 6.45. The Kier molecular flexibility index (Phi) is 6.48. The van der Waals surface area contributed by atoms with Crippen LogP contribution in [0.1, 0.15) is 41.6 Å². The van der Waals surface area contributed by atoms with Crippen LogP contribution in [0.4, 0.5) is 0 Å². The number of esters is 2. The molecule has 2 aliphatic rings. The number of hydrogen-bond acceptors (Lipinski definition) is 5. The van der Waals surface area contributed by atoms with Gasteiger partial charge in [-0.15, -0.1) is 0 Å². The minimum absolute atomic E-state index is 0.0685. The van der Waals surface area contributed by atoms with E-state index in [1.165, 1.54) is 5.56 Å². The molecule has 0 aliphatic carbocycles. The highest BCUT2D eigenvalue weighted by Crippen LogP contribution is 2.40. The molecule has 0 radical (unpaired) electrons. The van der Waals surface area contributed by atoms with Gasteiger partial charge in [0.1, 0.15) is 12.0 Å². The lowest BCUT2D eigenvalue weighted by atomic mass is 9.87. The highest BCUT2D eigenvalue weighted by Gasteiger charge is 2.51. The second-order valence-electron chi connectivity index (χ2n) is 8.29. The van der Waals surface area contributed by atoms with Crippen molar-refractivity contribution in [2.24, 2.45) is 5.92 Å². The van der Waals surface area contributed by atoms with Crippen LogP contribution in [0.15, 0.2) is 60.7 Å². The topological polar surface area (TPSA) is 55.8 Å². The van der Waals surface area contributed by atoms with Gasteiger partial charge in [-0.3, -0.25) is 9.69 Å². The third kappa shape index (κ3) is 4.57. The Balaban J connectivity index is 1.38. The van der Waals surface area contributed by atoms with Gasteiger partial charge in [-0.2, -0.15) is 0 Å². The number of nitrogens with zero attached hydrogens (tertiary/aromatic N) is 1. The van der Waals surface area contributed by atoms with Gasteiger partial charge < -0.3 is 9.47 Å². The number of rotatable bonds is 7. The average molecular weight is 408 g/mol. The molecule has 158 valence electrons. The van der Waals surface area contributed by atoms with E-state index in [0.29, 0.717) is 24.6 Å². The zero-order chi connectivity index (χ0) is 20.9. The first-order chi connectivity index (χ1) is 14.6. The van der Waals surface area contributed by atoms with Crippen molar-refractivity contribution in [3.8, 4) is 0 Å². The van der Waals surface area contributed by atoms with Crippen LogP contribution in [0.3, 0.4) is 0 Å². The molecule has 0 spiro atoms. The van der Waals surface area contributed by atoms with Gasteiger partial charge in [0.05, 0.1) is 12.2 Å². The normalized spacial score (nSPS) is 25.6. The second kappa shape index (κ2) is 9.43. The summed E-state index contributed by atoms with van der Waals surface area (Å²) >= 11 is 0. The molecule has 2 aromatic carbocycles. The molecule has 5 nitrogen and oxygen atoms in total. The number of ether oxygens (including phenoxy) is 2. The number of fused-ring (bicyclic) bond motifs is 2. The summed E-state index contributed by atoms with van der Waals surface area (Å²) in [5, 5.41) is 0. The average Bonchev–Trinajstić information content (AvgIpc) is 3.01. The van der Waals surface area contributed by atoms with Crippen molar-refractivity contribution in [1.29, 1.82) is 0 Å². The van der Waals surface area contributed by atoms with E-state index in [0.717, 1.165) is 25.7 Å². The summed E-state index contributed by atoms with van der Waals surface area (Å²) in [5.41, 5.74) is 1.75. The Morgan fingerprint density at radius 1 is 1.00 bits per heavy atom. The molecule has 2 aromatic rings. The van der Waals surface area contributed by atoms with Crippen LogP contribution in [0.2, 0.25) is 0 Å². The van der Waals surface area contributed by atoms with Gasteiger partial charge in [0.15, 0.2) is 0 Å². The first-order valence-corrected chi connectivity index (χ1v) is 10.8. The standard InChI is InChI=1S/C25H29NO4/c1-26-20-14-15-21(26)23(22(17-20)30-24(27)19-12-6-3-7-13-19)25(28)29-16-8-11-18-9-4-2-5-10-18/h2-7,9-10,12-13,20-23H,8,11,14-17H2,1H3/t20-,21+,22-,23+/m0/s1. The lowest BCUT2D eigenvalue weighted by Gasteiger charge is -2.40. The van der Waals surface area contributed by atoms with E-state index < -0.39 is 12.0 Å². The van der Waals surface area contributed by atoms with Crippen LogP contribution in [0.5, 0.6) is 0 Å². The molecule has 2 saturated heterocycles. The molecular formula is C25H29NO4. The highest BCUT2D eigenvalue weighted by molar-refractivity contribution is 5.89. The first kappa shape index (κ1) is 20.6. The van der Waals surface area contributed by atoms with Crippen molar-refractivity contribution < 1.29 is 19.1 Å². The molecule has 2 fully saturated rings. The molecule has 2 heterocycles. The molecule has 0 unspecified atom stereocenters. The summed E-state index contributed by atoms with van der Waals surface area (Å²) in [7, 11) is 2.06. The fourth-order valence-electron chi connectivity index (χ4n) is 4.82. The minimum Gasteiger partial charge on any atom is -0.465 e. The predicted molar refractivity (Wildman–Crippen MR) is 114 cm³/mol. The lowest BCUT2D eigenvalue weighted by Crippen LogP contribution is -2.53. The van der Waals surface area contributed by atoms with Crippen LogP contribution in [-0.2, 0) is 20.7 Å². The summed E-state index contributed by atoms with van der Waals surface area (Å²) in [6.07, 6.45) is 3.85. The third-order valence-corrected chi connectivity index (χ3v) is 6.45. The maximum absolute atomic E-state index is 13.0. The van der Waals surface area contributed by atoms with Crippen molar-refractivity contribution in [3.63, 3.8) is 0 Å². The maximum atomic E-state index is 13.0. The van der Waals surface area contributed by atoms with E-state index in [9.17, 15) is 9.59 Å². The number of piperidine rings is 1. The molecule has 0 saturated carbocycles. The number of carbonyl (C=O) groups excluding carboxylic acids is 2. The van der Waals surface area contributed by atoms with Crippen LogP contribution >= 0.6 is 0 Å². The lowest BCUT2D eigenvalue weighted by molar-refractivity contribution is -0.159. The van der Waals surface area contributed by atoms with Crippen molar-refractivity contribution in [2.75, 3.05) is 13.7 Å². The monoisotopic (exact) mass is 407 g/mol. The van der Waals surface area contributed by atoms with Crippen molar-refractivity contribution in [3.05, 3.63) is 71.8 Å². The largest absolute Gasteiger partial charge is 0.465 e. The van der Waals surface area contributed by atoms with Gasteiger partial charge in [-0.25, -0.2) is 4.79 Å². The Hall–Kier alpha value is -2.66. The Bertz CT molecular complexity index is 854. The fourth-order valence-corrected chi connectivity index (χ4v) is 4.82. The van der Waals surface area contributed by atoms with Crippen molar-refractivity contribution >= 4 is 11.9 Å². The molecule has 0 aromatic heterocycles. The van der Waals surface area contributed by atoms with Gasteiger partial charge in [-0.05, 0) is 50.4 Å². The second-order valence-corrected chi connectivity index (χ2v) is 8.29. The van der Waals surface area contributed by atoms with E-state index in [-0.39, 0.29) is 18.0 Å². The molecule has 0 N–H and O–H groups in total. The first-order valence-electron chi connectivity index (χ1n) is 10.8. The quantitative estimate of drug-likeness (QED) is 0.515. The Labute approximate surface area is 178 Å². The Morgan fingerprint density at radius 3 is 2.43 bits per heavy atom. The van der Waals surface area contributed by atoms with E-state index in [1.807, 2.05) is 36.4 Å². The molecule has 4 atom stereocenters. The van der Waals surface area contributed by atoms with Crippen LogP contribution < -0.4 is 0 Å². The number of carbonyl (C=O) groups is 2. The van der Waals surface area contributed by atoms with E-state index in [4.69, 9.17) is 9.47 Å². The van der Waals surface area contributed by atoms with Crippen molar-refractivity contribution in [2.45, 2.75) is 50.3 Å². The molecule has 30 heavy (non-hydrogen) atoms. The summed E-state index contributed by atoms with van der Waals surface area (Å²) in [5.74, 6) is -1.05. The fraction of sp³-hybridized carbons (Fsp3) is 0.440. The number of aryl methyl sites for hydroxylation is 1. The molecular weight excluding hydrogens is 378 g/mol. The molecule has 4 rings (SSSR count). The summed E-state index contributed by atoms with van der Waals surface area (Å²) in [6, 6.07) is 19.6. The number of benzene rings is 2. The minimum atomic E-state index is -0.437. The van der Waals surface area contributed by atoms with E-state index in [2.05, 4.69) is 24.1 Å². The molecule has 0 amide bonds. The molecule has 5 heteroatoms. The number of hydrogen-bond donors (Lipinski definition) is 0.